The fraction of sp³-hybridized carbons (Fsp3) is 0.250. The van der Waals surface area contributed by atoms with E-state index in [0.29, 0.717) is 5.82 Å². The highest BCUT2D eigenvalue weighted by Crippen LogP contribution is 2.23. The van der Waals surface area contributed by atoms with Crippen LogP contribution in [-0.2, 0) is 4.74 Å². The molecule has 1 heterocycles. The van der Waals surface area contributed by atoms with Crippen LogP contribution < -0.4 is 5.69 Å². The number of nitrogens with zero attached hydrogens (tertiary/aromatic N) is 2. The van der Waals surface area contributed by atoms with E-state index in [4.69, 9.17) is 16.3 Å². The Kier molecular flexibility index (Phi) is 3.89. The molecule has 0 radical (unpaired) electrons. The summed E-state index contributed by atoms with van der Waals surface area (Å²) in [6.45, 7) is 3.35. The first kappa shape index (κ1) is 14.3. The molecule has 0 atom stereocenters. The maximum Gasteiger partial charge on any atom is 0.348 e. The summed E-state index contributed by atoms with van der Waals surface area (Å²) in [4.78, 5) is 25.7. The number of hydrogen-bond acceptors (Lipinski definition) is 4. The van der Waals surface area contributed by atoms with E-state index in [0.717, 1.165) is 16.8 Å². The van der Waals surface area contributed by atoms with E-state index in [-0.39, 0.29) is 22.9 Å². The van der Waals surface area contributed by atoms with Gasteiger partial charge in [0.25, 0.3) is 0 Å². The largest absolute Gasteiger partial charge is 0.462 e. The lowest BCUT2D eigenvalue weighted by Crippen LogP contribution is -2.18. The maximum atomic E-state index is 13.9. The number of rotatable bonds is 3. The Morgan fingerprint density at radius 1 is 1.55 bits per heavy atom. The van der Waals surface area contributed by atoms with Crippen LogP contribution in [0.4, 0.5) is 4.39 Å². The first-order valence-electron chi connectivity index (χ1n) is 5.76. The van der Waals surface area contributed by atoms with Crippen LogP contribution in [0.5, 0.6) is 0 Å². The average Bonchev–Trinajstić information content (AvgIpc) is 2.68. The first-order valence-corrected chi connectivity index (χ1v) is 6.14. The second-order valence-electron chi connectivity index (χ2n) is 3.93. The number of carbonyl (C=O) groups excluding carboxylic acids is 1. The third-order valence-electron chi connectivity index (χ3n) is 2.49. The van der Waals surface area contributed by atoms with Gasteiger partial charge in [-0.3, -0.25) is 4.98 Å². The topological polar surface area (TPSA) is 77.0 Å². The summed E-state index contributed by atoms with van der Waals surface area (Å²) in [6.07, 6.45) is 0. The highest BCUT2D eigenvalue weighted by atomic mass is 35.5. The zero-order chi connectivity index (χ0) is 14.9. The van der Waals surface area contributed by atoms with Crippen LogP contribution in [0.25, 0.3) is 5.69 Å². The third-order valence-corrected chi connectivity index (χ3v) is 2.80. The molecule has 0 aliphatic carbocycles. The Balaban J connectivity index is 2.60. The molecule has 0 aliphatic rings. The predicted molar refractivity (Wildman–Crippen MR) is 69.8 cm³/mol. The van der Waals surface area contributed by atoms with Crippen molar-refractivity contribution < 1.29 is 13.9 Å². The molecule has 0 bridgehead atoms. The molecule has 1 aromatic heterocycles. The highest BCUT2D eigenvalue weighted by molar-refractivity contribution is 6.33. The summed E-state index contributed by atoms with van der Waals surface area (Å²) in [6, 6.07) is 2.08. The molecule has 106 valence electrons. The van der Waals surface area contributed by atoms with Crippen LogP contribution in [0.3, 0.4) is 0 Å². The SMILES string of the molecule is CCOC(=O)c1cc(-n2nc(C)[nH]c2=O)c(F)cc1Cl. The van der Waals surface area contributed by atoms with Crippen LogP contribution in [-0.4, -0.2) is 27.3 Å². The summed E-state index contributed by atoms with van der Waals surface area (Å²) in [7, 11) is 0. The Hall–Kier alpha value is -2.15. The lowest BCUT2D eigenvalue weighted by molar-refractivity contribution is 0.0526. The number of ether oxygens (including phenoxy) is 1. The summed E-state index contributed by atoms with van der Waals surface area (Å²) in [5.41, 5.74) is -0.817. The van der Waals surface area contributed by atoms with Gasteiger partial charge in [0.1, 0.15) is 11.5 Å². The van der Waals surface area contributed by atoms with E-state index in [2.05, 4.69) is 10.1 Å². The quantitative estimate of drug-likeness (QED) is 0.877. The Labute approximate surface area is 118 Å². The molecule has 0 saturated carbocycles. The number of nitrogens with one attached hydrogen (secondary N) is 1. The zero-order valence-corrected chi connectivity index (χ0v) is 11.5. The first-order chi connectivity index (χ1) is 9.43. The van der Waals surface area contributed by atoms with E-state index < -0.39 is 17.5 Å². The summed E-state index contributed by atoms with van der Waals surface area (Å²) >= 11 is 5.81. The number of benzene rings is 1. The Morgan fingerprint density at radius 3 is 2.80 bits per heavy atom. The second-order valence-corrected chi connectivity index (χ2v) is 4.34. The van der Waals surface area contributed by atoms with Crippen molar-refractivity contribution in [3.8, 4) is 5.69 Å². The number of hydrogen-bond donors (Lipinski definition) is 1. The minimum Gasteiger partial charge on any atom is -0.462 e. The average molecular weight is 300 g/mol. The molecule has 8 heteroatoms. The molecule has 6 nitrogen and oxygen atoms in total. The van der Waals surface area contributed by atoms with Gasteiger partial charge >= 0.3 is 11.7 Å². The molecule has 1 aromatic carbocycles. The van der Waals surface area contributed by atoms with Gasteiger partial charge in [-0.25, -0.2) is 14.0 Å². The van der Waals surface area contributed by atoms with Gasteiger partial charge in [0.2, 0.25) is 0 Å². The molecule has 0 fully saturated rings. The molecule has 2 aromatic rings. The zero-order valence-electron chi connectivity index (χ0n) is 10.7. The highest BCUT2D eigenvalue weighted by Gasteiger charge is 2.18. The minimum atomic E-state index is -0.767. The summed E-state index contributed by atoms with van der Waals surface area (Å²) in [5.74, 6) is -1.14. The van der Waals surface area contributed by atoms with Gasteiger partial charge in [-0.2, -0.15) is 9.78 Å². The van der Waals surface area contributed by atoms with E-state index in [1.807, 2.05) is 0 Å². The second kappa shape index (κ2) is 5.46. The van der Waals surface area contributed by atoms with E-state index >= 15 is 0 Å². The molecule has 20 heavy (non-hydrogen) atoms. The van der Waals surface area contributed by atoms with Crippen molar-refractivity contribution >= 4 is 17.6 Å². The number of aryl methyl sites for hydroxylation is 1. The molecule has 1 N–H and O–H groups in total. The number of esters is 1. The third kappa shape index (κ3) is 2.57. The van der Waals surface area contributed by atoms with E-state index in [1.54, 1.807) is 13.8 Å². The lowest BCUT2D eigenvalue weighted by Gasteiger charge is -2.08. The van der Waals surface area contributed by atoms with Crippen LogP contribution >= 0.6 is 11.6 Å². The molecule has 0 amide bonds. The summed E-state index contributed by atoms with van der Waals surface area (Å²) in [5, 5.41) is 3.74. The molecular weight excluding hydrogens is 289 g/mol. The van der Waals surface area contributed by atoms with Gasteiger partial charge in [0.15, 0.2) is 5.82 Å². The normalized spacial score (nSPS) is 10.6. The number of carbonyl (C=O) groups is 1. The predicted octanol–water partition coefficient (Wildman–Crippen LogP) is 1.84. The fourth-order valence-corrected chi connectivity index (χ4v) is 1.88. The van der Waals surface area contributed by atoms with Gasteiger partial charge in [-0.05, 0) is 26.0 Å². The van der Waals surface area contributed by atoms with Gasteiger partial charge in [0, 0.05) is 0 Å². The monoisotopic (exact) mass is 299 g/mol. The lowest BCUT2D eigenvalue weighted by atomic mass is 10.2. The van der Waals surface area contributed by atoms with Crippen molar-refractivity contribution in [2.75, 3.05) is 6.61 Å². The van der Waals surface area contributed by atoms with Gasteiger partial charge in [-0.1, -0.05) is 11.6 Å². The van der Waals surface area contributed by atoms with Crippen LogP contribution in [0, 0.1) is 12.7 Å². The van der Waals surface area contributed by atoms with Crippen molar-refractivity contribution in [2.24, 2.45) is 0 Å². The van der Waals surface area contributed by atoms with Crippen molar-refractivity contribution in [2.45, 2.75) is 13.8 Å². The van der Waals surface area contributed by atoms with Crippen LogP contribution in [0.2, 0.25) is 5.02 Å². The van der Waals surface area contributed by atoms with Crippen LogP contribution in [0.15, 0.2) is 16.9 Å². The van der Waals surface area contributed by atoms with Gasteiger partial charge < -0.3 is 4.74 Å². The Bertz CT molecular complexity index is 723. The molecule has 0 spiro atoms. The van der Waals surface area contributed by atoms with Gasteiger partial charge in [0.05, 0.1) is 17.2 Å². The molecular formula is C12H11ClFN3O3. The van der Waals surface area contributed by atoms with Gasteiger partial charge in [-0.15, -0.1) is 0 Å². The maximum absolute atomic E-state index is 13.9. The number of aromatic amines is 1. The van der Waals surface area contributed by atoms with Crippen molar-refractivity contribution in [1.82, 2.24) is 14.8 Å². The number of H-pyrrole nitrogens is 1. The number of aromatic nitrogens is 3. The fourth-order valence-electron chi connectivity index (χ4n) is 1.66. The van der Waals surface area contributed by atoms with E-state index in [1.165, 1.54) is 0 Å². The van der Waals surface area contributed by atoms with Crippen molar-refractivity contribution in [3.63, 3.8) is 0 Å². The molecule has 2 rings (SSSR count). The Morgan fingerprint density at radius 2 is 2.25 bits per heavy atom. The molecule has 0 aliphatic heterocycles. The molecule has 0 unspecified atom stereocenters. The van der Waals surface area contributed by atoms with Crippen LogP contribution in [0.1, 0.15) is 23.1 Å². The van der Waals surface area contributed by atoms with Crippen molar-refractivity contribution in [3.05, 3.63) is 44.8 Å². The standard InChI is InChI=1S/C12H11ClFN3O3/c1-3-20-11(18)7-4-10(9(14)5-8(7)13)17-12(19)15-6(2)16-17/h4-5H,3H2,1-2H3,(H,15,16,19). The molecule has 0 saturated heterocycles. The smallest absolute Gasteiger partial charge is 0.348 e. The van der Waals surface area contributed by atoms with Crippen molar-refractivity contribution in [1.29, 1.82) is 0 Å². The summed E-state index contributed by atoms with van der Waals surface area (Å²) < 4.78 is 19.5. The minimum absolute atomic E-state index is 0.0301. The number of halogens is 2. The van der Waals surface area contributed by atoms with E-state index in [9.17, 15) is 14.0 Å².